The minimum atomic E-state index is -0.421. The molecule has 0 saturated carbocycles. The second-order valence-corrected chi connectivity index (χ2v) is 3.77. The van der Waals surface area contributed by atoms with Crippen LogP contribution >= 0.6 is 0 Å². The quantitative estimate of drug-likeness (QED) is 0.665. The highest BCUT2D eigenvalue weighted by Gasteiger charge is 2.14. The van der Waals surface area contributed by atoms with Crippen LogP contribution in [0.1, 0.15) is 12.6 Å². The van der Waals surface area contributed by atoms with Crippen LogP contribution in [0.5, 0.6) is 5.88 Å². The lowest BCUT2D eigenvalue weighted by molar-refractivity contribution is -0.384. The van der Waals surface area contributed by atoms with E-state index in [9.17, 15) is 10.1 Å². The molecule has 0 saturated heterocycles. The van der Waals surface area contributed by atoms with Gasteiger partial charge in [-0.2, -0.15) is 0 Å². The van der Waals surface area contributed by atoms with Crippen molar-refractivity contribution in [1.29, 1.82) is 0 Å². The molecule has 0 fully saturated rings. The van der Waals surface area contributed by atoms with E-state index >= 15 is 0 Å². The summed E-state index contributed by atoms with van der Waals surface area (Å²) in [6.45, 7) is 4.28. The van der Waals surface area contributed by atoms with E-state index in [-0.39, 0.29) is 5.69 Å². The van der Waals surface area contributed by atoms with Crippen molar-refractivity contribution in [2.45, 2.75) is 13.8 Å². The number of hydrogen-bond acceptors (Lipinski definition) is 4. The fourth-order valence-corrected chi connectivity index (χ4v) is 1.74. The van der Waals surface area contributed by atoms with Crippen LogP contribution in [-0.2, 0) is 0 Å². The van der Waals surface area contributed by atoms with Crippen LogP contribution in [0.3, 0.4) is 0 Å². The Kier molecular flexibility index (Phi) is 3.27. The normalized spacial score (nSPS) is 10.3. The Hall–Kier alpha value is -2.37. The SMILES string of the molecule is CCOc1n[nH]c(C)c1-c1ccc([N+](=O)[O-])cc1. The van der Waals surface area contributed by atoms with Crippen molar-refractivity contribution in [3.8, 4) is 17.0 Å². The highest BCUT2D eigenvalue weighted by molar-refractivity contribution is 5.71. The molecule has 0 radical (unpaired) electrons. The Morgan fingerprint density at radius 2 is 2.06 bits per heavy atom. The van der Waals surface area contributed by atoms with Crippen LogP contribution in [0.2, 0.25) is 0 Å². The fourth-order valence-electron chi connectivity index (χ4n) is 1.74. The Morgan fingerprint density at radius 3 is 2.61 bits per heavy atom. The molecule has 1 aromatic carbocycles. The van der Waals surface area contributed by atoms with Gasteiger partial charge in [0.15, 0.2) is 0 Å². The number of aromatic amines is 1. The number of nitrogens with zero attached hydrogens (tertiary/aromatic N) is 2. The maximum absolute atomic E-state index is 10.6. The van der Waals surface area contributed by atoms with Gasteiger partial charge in [-0.25, -0.2) is 0 Å². The lowest BCUT2D eigenvalue weighted by Gasteiger charge is -2.04. The summed E-state index contributed by atoms with van der Waals surface area (Å²) in [5.41, 5.74) is 2.62. The van der Waals surface area contributed by atoms with E-state index in [4.69, 9.17) is 4.74 Å². The first-order chi connectivity index (χ1) is 8.63. The van der Waals surface area contributed by atoms with E-state index in [0.717, 1.165) is 16.8 Å². The molecule has 1 aromatic heterocycles. The fraction of sp³-hybridized carbons (Fsp3) is 0.250. The number of hydrogen-bond donors (Lipinski definition) is 1. The van der Waals surface area contributed by atoms with E-state index in [1.54, 1.807) is 12.1 Å². The van der Waals surface area contributed by atoms with Crippen molar-refractivity contribution in [1.82, 2.24) is 10.2 Å². The van der Waals surface area contributed by atoms with E-state index in [0.29, 0.717) is 12.5 Å². The summed E-state index contributed by atoms with van der Waals surface area (Å²) >= 11 is 0. The van der Waals surface area contributed by atoms with Gasteiger partial charge in [-0.05, 0) is 31.5 Å². The number of nitro benzene ring substituents is 1. The van der Waals surface area contributed by atoms with Crippen molar-refractivity contribution in [2.24, 2.45) is 0 Å². The van der Waals surface area contributed by atoms with Gasteiger partial charge in [0.05, 0.1) is 17.1 Å². The van der Waals surface area contributed by atoms with Gasteiger partial charge >= 0.3 is 0 Å². The van der Waals surface area contributed by atoms with Gasteiger partial charge in [-0.3, -0.25) is 15.2 Å². The Balaban J connectivity index is 2.41. The molecular formula is C12H13N3O3. The average molecular weight is 247 g/mol. The highest BCUT2D eigenvalue weighted by Crippen LogP contribution is 2.32. The highest BCUT2D eigenvalue weighted by atomic mass is 16.6. The number of benzene rings is 1. The van der Waals surface area contributed by atoms with Crippen molar-refractivity contribution in [3.63, 3.8) is 0 Å². The molecule has 0 aliphatic heterocycles. The van der Waals surface area contributed by atoms with E-state index in [1.807, 2.05) is 13.8 Å². The monoisotopic (exact) mass is 247 g/mol. The standard InChI is InChI=1S/C12H13N3O3/c1-3-18-12-11(8(2)13-14-12)9-4-6-10(7-5-9)15(16)17/h4-7H,3H2,1-2H3,(H,13,14). The molecule has 6 nitrogen and oxygen atoms in total. The predicted molar refractivity (Wildman–Crippen MR) is 66.6 cm³/mol. The van der Waals surface area contributed by atoms with Crippen LogP contribution in [0.15, 0.2) is 24.3 Å². The van der Waals surface area contributed by atoms with Crippen LogP contribution in [0, 0.1) is 17.0 Å². The lowest BCUT2D eigenvalue weighted by atomic mass is 10.1. The number of non-ortho nitro benzene ring substituents is 1. The molecule has 2 aromatic rings. The van der Waals surface area contributed by atoms with Crippen molar-refractivity contribution < 1.29 is 9.66 Å². The molecule has 0 atom stereocenters. The van der Waals surface area contributed by atoms with E-state index in [1.165, 1.54) is 12.1 Å². The molecule has 1 N–H and O–H groups in total. The molecule has 6 heteroatoms. The summed E-state index contributed by atoms with van der Waals surface area (Å²) in [5, 5.41) is 17.5. The zero-order chi connectivity index (χ0) is 13.1. The summed E-state index contributed by atoms with van der Waals surface area (Å²) in [6, 6.07) is 6.33. The molecule has 0 aliphatic rings. The van der Waals surface area contributed by atoms with Gasteiger partial charge in [0.1, 0.15) is 0 Å². The second kappa shape index (κ2) is 4.87. The third-order valence-electron chi connectivity index (χ3n) is 2.56. The topological polar surface area (TPSA) is 81.0 Å². The maximum Gasteiger partial charge on any atom is 0.269 e. The number of ether oxygens (including phenoxy) is 1. The van der Waals surface area contributed by atoms with Crippen molar-refractivity contribution in [2.75, 3.05) is 6.61 Å². The smallest absolute Gasteiger partial charge is 0.269 e. The third kappa shape index (κ3) is 2.17. The van der Waals surface area contributed by atoms with Gasteiger partial charge in [-0.1, -0.05) is 0 Å². The molecule has 94 valence electrons. The first kappa shape index (κ1) is 12.1. The van der Waals surface area contributed by atoms with Crippen molar-refractivity contribution >= 4 is 5.69 Å². The van der Waals surface area contributed by atoms with Crippen LogP contribution in [-0.4, -0.2) is 21.7 Å². The zero-order valence-corrected chi connectivity index (χ0v) is 10.1. The lowest BCUT2D eigenvalue weighted by Crippen LogP contribution is -1.94. The minimum Gasteiger partial charge on any atom is -0.476 e. The predicted octanol–water partition coefficient (Wildman–Crippen LogP) is 2.69. The number of rotatable bonds is 4. The summed E-state index contributed by atoms with van der Waals surface area (Å²) in [5.74, 6) is 0.517. The summed E-state index contributed by atoms with van der Waals surface area (Å²) in [7, 11) is 0. The molecule has 0 spiro atoms. The average Bonchev–Trinajstić information content (AvgIpc) is 2.71. The van der Waals surface area contributed by atoms with Gasteiger partial charge in [0.2, 0.25) is 5.88 Å². The summed E-state index contributed by atoms with van der Waals surface area (Å²) < 4.78 is 5.41. The minimum absolute atomic E-state index is 0.0675. The molecule has 1 heterocycles. The van der Waals surface area contributed by atoms with Gasteiger partial charge in [-0.15, -0.1) is 5.10 Å². The molecule has 0 bridgehead atoms. The first-order valence-electron chi connectivity index (χ1n) is 5.56. The summed E-state index contributed by atoms with van der Waals surface area (Å²) in [4.78, 5) is 10.2. The molecule has 0 unspecified atom stereocenters. The van der Waals surface area contributed by atoms with Crippen LogP contribution in [0.25, 0.3) is 11.1 Å². The number of nitrogens with one attached hydrogen (secondary N) is 1. The Labute approximate surface area is 104 Å². The first-order valence-corrected chi connectivity index (χ1v) is 5.56. The van der Waals surface area contributed by atoms with Gasteiger partial charge < -0.3 is 4.74 Å². The second-order valence-electron chi connectivity index (χ2n) is 3.77. The Morgan fingerprint density at radius 1 is 1.39 bits per heavy atom. The number of aryl methyl sites for hydroxylation is 1. The van der Waals surface area contributed by atoms with Gasteiger partial charge in [0, 0.05) is 17.8 Å². The Bertz CT molecular complexity index is 560. The molecule has 0 aliphatic carbocycles. The summed E-state index contributed by atoms with van der Waals surface area (Å²) in [6.07, 6.45) is 0. The van der Waals surface area contributed by atoms with E-state index < -0.39 is 4.92 Å². The molecule has 2 rings (SSSR count). The van der Waals surface area contributed by atoms with Gasteiger partial charge in [0.25, 0.3) is 5.69 Å². The molecular weight excluding hydrogens is 234 g/mol. The van der Waals surface area contributed by atoms with Crippen LogP contribution in [0.4, 0.5) is 5.69 Å². The molecule has 18 heavy (non-hydrogen) atoms. The van der Waals surface area contributed by atoms with Crippen LogP contribution < -0.4 is 4.74 Å². The third-order valence-corrected chi connectivity index (χ3v) is 2.56. The largest absolute Gasteiger partial charge is 0.476 e. The number of nitro groups is 1. The number of H-pyrrole nitrogens is 1. The number of aromatic nitrogens is 2. The molecule has 0 amide bonds. The van der Waals surface area contributed by atoms with E-state index in [2.05, 4.69) is 10.2 Å². The maximum atomic E-state index is 10.6. The van der Waals surface area contributed by atoms with Crippen molar-refractivity contribution in [3.05, 3.63) is 40.1 Å². The zero-order valence-electron chi connectivity index (χ0n) is 10.1.